The van der Waals surface area contributed by atoms with Crippen molar-refractivity contribution in [3.8, 4) is 5.75 Å². The number of methoxy groups -OCH3 is 1. The second-order valence-electron chi connectivity index (χ2n) is 4.77. The quantitative estimate of drug-likeness (QED) is 0.473. The first-order chi connectivity index (χ1) is 10.7. The van der Waals surface area contributed by atoms with Crippen LogP contribution in [0.3, 0.4) is 0 Å². The highest BCUT2D eigenvalue weighted by molar-refractivity contribution is 7.99. The van der Waals surface area contributed by atoms with Crippen LogP contribution in [-0.4, -0.2) is 24.5 Å². The monoisotopic (exact) mass is 332 g/mol. The second-order valence-corrected chi connectivity index (χ2v) is 6.35. The molecule has 3 nitrogen and oxygen atoms in total. The molecule has 0 amide bonds. The number of thiocarbonyl (C=S) groups is 1. The van der Waals surface area contributed by atoms with Gasteiger partial charge in [0.1, 0.15) is 5.75 Å². The normalized spacial score (nSPS) is 10.1. The van der Waals surface area contributed by atoms with Crippen molar-refractivity contribution in [3.63, 3.8) is 0 Å². The zero-order chi connectivity index (χ0) is 15.8. The molecule has 0 bridgehead atoms. The van der Waals surface area contributed by atoms with Gasteiger partial charge in [-0.2, -0.15) is 0 Å². The summed E-state index contributed by atoms with van der Waals surface area (Å²) < 4.78 is 5.12. The van der Waals surface area contributed by atoms with Gasteiger partial charge < -0.3 is 15.4 Å². The number of hydrogen-bond acceptors (Lipinski definition) is 3. The lowest BCUT2D eigenvalue weighted by atomic mass is 10.2. The van der Waals surface area contributed by atoms with Crippen molar-refractivity contribution in [1.29, 1.82) is 0 Å². The SMILES string of the molecule is COc1ccc(NC(=S)NCCSc2ccc(C)cc2)cc1. The van der Waals surface area contributed by atoms with Crippen molar-refractivity contribution >= 4 is 34.8 Å². The van der Waals surface area contributed by atoms with E-state index in [0.29, 0.717) is 5.11 Å². The summed E-state index contributed by atoms with van der Waals surface area (Å²) in [6.07, 6.45) is 0. The van der Waals surface area contributed by atoms with Crippen LogP contribution in [0, 0.1) is 6.92 Å². The molecule has 22 heavy (non-hydrogen) atoms. The topological polar surface area (TPSA) is 33.3 Å². The fourth-order valence-electron chi connectivity index (χ4n) is 1.82. The van der Waals surface area contributed by atoms with Crippen LogP contribution in [0.5, 0.6) is 5.75 Å². The maximum absolute atomic E-state index is 5.28. The first-order valence-electron chi connectivity index (χ1n) is 7.06. The Morgan fingerprint density at radius 2 is 1.77 bits per heavy atom. The third kappa shape index (κ3) is 5.58. The molecule has 0 unspecified atom stereocenters. The van der Waals surface area contributed by atoms with Crippen LogP contribution in [0.4, 0.5) is 5.69 Å². The Morgan fingerprint density at radius 3 is 2.41 bits per heavy atom. The predicted octanol–water partition coefficient (Wildman–Crippen LogP) is 4.08. The molecule has 0 aromatic heterocycles. The molecule has 0 saturated heterocycles. The minimum absolute atomic E-state index is 0.634. The summed E-state index contributed by atoms with van der Waals surface area (Å²) in [6, 6.07) is 16.2. The van der Waals surface area contributed by atoms with E-state index in [2.05, 4.69) is 41.8 Å². The van der Waals surface area contributed by atoms with E-state index in [9.17, 15) is 0 Å². The highest BCUT2D eigenvalue weighted by Gasteiger charge is 1.99. The van der Waals surface area contributed by atoms with Crippen molar-refractivity contribution < 1.29 is 4.74 Å². The molecule has 116 valence electrons. The first kappa shape index (κ1) is 16.6. The Hall–Kier alpha value is -1.72. The molecule has 5 heteroatoms. The number of aryl methyl sites for hydroxylation is 1. The number of thioether (sulfide) groups is 1. The Balaban J connectivity index is 1.67. The highest BCUT2D eigenvalue weighted by Crippen LogP contribution is 2.17. The fraction of sp³-hybridized carbons (Fsp3) is 0.235. The van der Waals surface area contributed by atoms with E-state index in [4.69, 9.17) is 17.0 Å². The maximum Gasteiger partial charge on any atom is 0.170 e. The van der Waals surface area contributed by atoms with Gasteiger partial charge in [0.2, 0.25) is 0 Å². The van der Waals surface area contributed by atoms with Crippen LogP contribution in [0.15, 0.2) is 53.4 Å². The minimum atomic E-state index is 0.634. The molecule has 2 rings (SSSR count). The molecule has 2 aromatic rings. The molecule has 0 saturated carbocycles. The Bertz CT molecular complexity index is 597. The van der Waals surface area contributed by atoms with Crippen LogP contribution in [0.25, 0.3) is 0 Å². The molecule has 0 radical (unpaired) electrons. The molecule has 0 aliphatic rings. The van der Waals surface area contributed by atoms with E-state index in [1.54, 1.807) is 7.11 Å². The lowest BCUT2D eigenvalue weighted by Gasteiger charge is -2.11. The maximum atomic E-state index is 5.28. The van der Waals surface area contributed by atoms with Crippen molar-refractivity contribution in [2.24, 2.45) is 0 Å². The summed E-state index contributed by atoms with van der Waals surface area (Å²) in [5, 5.41) is 7.00. The molecule has 0 aliphatic heterocycles. The predicted molar refractivity (Wildman–Crippen MR) is 99.1 cm³/mol. The van der Waals surface area contributed by atoms with Gasteiger partial charge in [0.15, 0.2) is 5.11 Å². The second kappa shape index (κ2) is 8.66. The van der Waals surface area contributed by atoms with E-state index in [-0.39, 0.29) is 0 Å². The minimum Gasteiger partial charge on any atom is -0.497 e. The van der Waals surface area contributed by atoms with Crippen molar-refractivity contribution in [2.75, 3.05) is 24.7 Å². The summed E-state index contributed by atoms with van der Waals surface area (Å²) >= 11 is 7.10. The average molecular weight is 332 g/mol. The van der Waals surface area contributed by atoms with Gasteiger partial charge in [-0.05, 0) is 55.5 Å². The Kier molecular flexibility index (Phi) is 6.55. The lowest BCUT2D eigenvalue weighted by Crippen LogP contribution is -2.30. The number of ether oxygens (including phenoxy) is 1. The third-order valence-corrected chi connectivity index (χ3v) is 4.29. The zero-order valence-electron chi connectivity index (χ0n) is 12.8. The van der Waals surface area contributed by atoms with Crippen molar-refractivity contribution in [3.05, 3.63) is 54.1 Å². The number of anilines is 1. The summed E-state index contributed by atoms with van der Waals surface area (Å²) in [7, 11) is 1.65. The van der Waals surface area contributed by atoms with E-state index in [1.165, 1.54) is 10.5 Å². The van der Waals surface area contributed by atoms with Crippen molar-refractivity contribution in [1.82, 2.24) is 5.32 Å². The zero-order valence-corrected chi connectivity index (χ0v) is 14.4. The molecule has 2 aromatic carbocycles. The van der Waals surface area contributed by atoms with E-state index in [1.807, 2.05) is 36.0 Å². The summed E-state index contributed by atoms with van der Waals surface area (Å²) in [5.41, 5.74) is 2.23. The summed E-state index contributed by atoms with van der Waals surface area (Å²) in [6.45, 7) is 2.92. The van der Waals surface area contributed by atoms with Crippen LogP contribution in [-0.2, 0) is 0 Å². The molecular weight excluding hydrogens is 312 g/mol. The first-order valence-corrected chi connectivity index (χ1v) is 8.45. The molecule has 0 fully saturated rings. The Morgan fingerprint density at radius 1 is 1.09 bits per heavy atom. The van der Waals surface area contributed by atoms with Gasteiger partial charge >= 0.3 is 0 Å². The largest absolute Gasteiger partial charge is 0.497 e. The number of rotatable bonds is 6. The van der Waals surface area contributed by atoms with Crippen molar-refractivity contribution in [2.45, 2.75) is 11.8 Å². The van der Waals surface area contributed by atoms with E-state index >= 15 is 0 Å². The number of benzene rings is 2. The van der Waals surface area contributed by atoms with Gasteiger partial charge in [0.25, 0.3) is 0 Å². The molecule has 2 N–H and O–H groups in total. The fourth-order valence-corrected chi connectivity index (χ4v) is 2.81. The van der Waals surface area contributed by atoms with Crippen LogP contribution >= 0.6 is 24.0 Å². The van der Waals surface area contributed by atoms with Gasteiger partial charge in [0.05, 0.1) is 7.11 Å². The van der Waals surface area contributed by atoms with Crippen LogP contribution in [0.2, 0.25) is 0 Å². The highest BCUT2D eigenvalue weighted by atomic mass is 32.2. The van der Waals surface area contributed by atoms with Crippen LogP contribution < -0.4 is 15.4 Å². The van der Waals surface area contributed by atoms with E-state index in [0.717, 1.165) is 23.7 Å². The van der Waals surface area contributed by atoms with Gasteiger partial charge in [-0.15, -0.1) is 11.8 Å². The lowest BCUT2D eigenvalue weighted by molar-refractivity contribution is 0.415. The molecule has 0 spiro atoms. The smallest absolute Gasteiger partial charge is 0.170 e. The van der Waals surface area contributed by atoms with Gasteiger partial charge in [-0.3, -0.25) is 0 Å². The van der Waals surface area contributed by atoms with Crippen LogP contribution in [0.1, 0.15) is 5.56 Å². The summed E-state index contributed by atoms with van der Waals surface area (Å²) in [4.78, 5) is 1.28. The molecule has 0 heterocycles. The number of nitrogens with one attached hydrogen (secondary N) is 2. The number of hydrogen-bond donors (Lipinski definition) is 2. The Labute approximate surface area is 141 Å². The van der Waals surface area contributed by atoms with E-state index < -0.39 is 0 Å². The molecular formula is C17H20N2OS2. The van der Waals surface area contributed by atoms with Gasteiger partial charge in [-0.1, -0.05) is 17.7 Å². The molecule has 0 aliphatic carbocycles. The average Bonchev–Trinajstić information content (AvgIpc) is 2.54. The third-order valence-electron chi connectivity index (χ3n) is 3.03. The molecule has 0 atom stereocenters. The summed E-state index contributed by atoms with van der Waals surface area (Å²) in [5.74, 6) is 1.80. The van der Waals surface area contributed by atoms with Gasteiger partial charge in [0, 0.05) is 22.9 Å². The standard InChI is InChI=1S/C17H20N2OS2/c1-13-3-9-16(10-4-13)22-12-11-18-17(21)19-14-5-7-15(20-2)8-6-14/h3-10H,11-12H2,1-2H3,(H2,18,19,21). The van der Waals surface area contributed by atoms with Gasteiger partial charge in [-0.25, -0.2) is 0 Å².